The summed E-state index contributed by atoms with van der Waals surface area (Å²) in [5.41, 5.74) is 1.67. The molecule has 0 spiro atoms. The Hall–Kier alpha value is -3.16. The van der Waals surface area contributed by atoms with E-state index < -0.39 is 18.1 Å². The summed E-state index contributed by atoms with van der Waals surface area (Å²) in [7, 11) is 0. The molecule has 0 saturated heterocycles. The van der Waals surface area contributed by atoms with Gasteiger partial charge in [0.15, 0.2) is 0 Å². The Balaban J connectivity index is 2.21. The number of carboxylic acids is 1. The second-order valence-electron chi connectivity index (χ2n) is 6.00. The molecular formula is C19H14F4N2O2. The van der Waals surface area contributed by atoms with Gasteiger partial charge in [-0.3, -0.25) is 0 Å². The maximum absolute atomic E-state index is 13.3. The number of rotatable bonds is 4. The Bertz CT molecular complexity index is 1050. The van der Waals surface area contributed by atoms with E-state index >= 15 is 0 Å². The Morgan fingerprint density at radius 3 is 2.59 bits per heavy atom. The Morgan fingerprint density at radius 2 is 1.96 bits per heavy atom. The lowest BCUT2D eigenvalue weighted by Crippen LogP contribution is -2.18. The van der Waals surface area contributed by atoms with Gasteiger partial charge in [0.1, 0.15) is 5.82 Å². The zero-order valence-electron chi connectivity index (χ0n) is 14.1. The van der Waals surface area contributed by atoms with Crippen molar-refractivity contribution in [3.8, 4) is 0 Å². The first-order valence-corrected chi connectivity index (χ1v) is 7.90. The van der Waals surface area contributed by atoms with Crippen LogP contribution < -0.4 is 0 Å². The first-order valence-electron chi connectivity index (χ1n) is 7.90. The van der Waals surface area contributed by atoms with Crippen molar-refractivity contribution in [2.75, 3.05) is 0 Å². The molecule has 0 aliphatic carbocycles. The summed E-state index contributed by atoms with van der Waals surface area (Å²) < 4.78 is 53.2. The first kappa shape index (κ1) is 18.6. The van der Waals surface area contributed by atoms with E-state index in [1.165, 1.54) is 24.3 Å². The van der Waals surface area contributed by atoms with Gasteiger partial charge < -0.3 is 5.11 Å². The number of aryl methyl sites for hydroxylation is 1. The lowest BCUT2D eigenvalue weighted by atomic mass is 9.97. The van der Waals surface area contributed by atoms with Gasteiger partial charge in [0.05, 0.1) is 11.2 Å². The number of carbonyl (C=O) groups is 1. The topological polar surface area (TPSA) is 55.1 Å². The predicted octanol–water partition coefficient (Wildman–Crippen LogP) is 4.65. The highest BCUT2D eigenvalue weighted by Crippen LogP contribution is 2.32. The maximum atomic E-state index is 13.3. The molecule has 0 unspecified atom stereocenters. The molecule has 27 heavy (non-hydrogen) atoms. The van der Waals surface area contributed by atoms with Crippen LogP contribution in [-0.2, 0) is 17.5 Å². The number of fused-ring (bicyclic) bond motifs is 1. The highest BCUT2D eigenvalue weighted by atomic mass is 19.4. The molecule has 8 heteroatoms. The number of aliphatic carboxylic acids is 1. The number of halogens is 4. The number of alkyl halides is 3. The third-order valence-corrected chi connectivity index (χ3v) is 4.13. The number of nitrogens with zero attached hydrogens (tertiary/aromatic N) is 2. The molecule has 3 rings (SSSR count). The van der Waals surface area contributed by atoms with E-state index in [4.69, 9.17) is 5.11 Å². The van der Waals surface area contributed by atoms with Crippen molar-refractivity contribution in [2.45, 2.75) is 19.6 Å². The second-order valence-corrected chi connectivity index (χ2v) is 6.00. The molecular weight excluding hydrogens is 364 g/mol. The van der Waals surface area contributed by atoms with Crippen molar-refractivity contribution in [2.24, 2.45) is 0 Å². The minimum Gasteiger partial charge on any atom is -0.478 e. The van der Waals surface area contributed by atoms with E-state index in [9.17, 15) is 22.4 Å². The highest BCUT2D eigenvalue weighted by molar-refractivity contribution is 5.94. The van der Waals surface area contributed by atoms with Crippen molar-refractivity contribution >= 4 is 22.9 Å². The summed E-state index contributed by atoms with van der Waals surface area (Å²) >= 11 is 0. The van der Waals surface area contributed by atoms with Crippen LogP contribution in [0.15, 0.2) is 42.5 Å². The van der Waals surface area contributed by atoms with Gasteiger partial charge in [0, 0.05) is 11.5 Å². The van der Waals surface area contributed by atoms with Crippen molar-refractivity contribution < 1.29 is 27.5 Å². The van der Waals surface area contributed by atoms with Crippen LogP contribution in [0.5, 0.6) is 0 Å². The summed E-state index contributed by atoms with van der Waals surface area (Å²) in [6.45, 7) is 1.71. The van der Waals surface area contributed by atoms with E-state index in [-0.39, 0.29) is 27.7 Å². The van der Waals surface area contributed by atoms with E-state index in [2.05, 4.69) is 5.10 Å². The van der Waals surface area contributed by atoms with Gasteiger partial charge in [-0.15, -0.1) is 13.2 Å². The highest BCUT2D eigenvalue weighted by Gasteiger charge is 2.34. The fourth-order valence-electron chi connectivity index (χ4n) is 2.94. The zero-order valence-corrected chi connectivity index (χ0v) is 14.1. The molecule has 3 aromatic rings. The van der Waals surface area contributed by atoms with Crippen LogP contribution in [0, 0.1) is 12.7 Å². The molecule has 0 aliphatic rings. The van der Waals surface area contributed by atoms with Crippen LogP contribution in [0.4, 0.5) is 17.6 Å². The van der Waals surface area contributed by atoms with Crippen molar-refractivity contribution in [1.82, 2.24) is 9.78 Å². The standard InChI is InChI=1S/C19H14F4N2O2/c1-11-9-14(20)6-5-12(11)10-13-3-2-4-16-18(13)15(7-8-17(26)27)24-25(16)19(21,22)23/h2-9H,10H2,1H3,(H,26,27)/b8-7+. The van der Waals surface area contributed by atoms with Gasteiger partial charge in [-0.1, -0.05) is 18.2 Å². The van der Waals surface area contributed by atoms with Gasteiger partial charge >= 0.3 is 12.3 Å². The molecule has 140 valence electrons. The number of aromatic nitrogens is 2. The molecule has 2 aromatic carbocycles. The van der Waals surface area contributed by atoms with Crippen LogP contribution in [0.2, 0.25) is 0 Å². The molecule has 4 nitrogen and oxygen atoms in total. The molecule has 0 aliphatic heterocycles. The number of hydrogen-bond donors (Lipinski definition) is 1. The number of benzene rings is 2. The summed E-state index contributed by atoms with van der Waals surface area (Å²) in [4.78, 5) is 10.8. The molecule has 1 heterocycles. The summed E-state index contributed by atoms with van der Waals surface area (Å²) in [6.07, 6.45) is -2.73. The van der Waals surface area contributed by atoms with Gasteiger partial charge in [0.2, 0.25) is 0 Å². The molecule has 0 atom stereocenters. The molecule has 0 fully saturated rings. The Morgan fingerprint density at radius 1 is 1.22 bits per heavy atom. The van der Waals surface area contributed by atoms with E-state index in [0.717, 1.165) is 17.7 Å². The minimum absolute atomic E-state index is 0.0785. The molecule has 0 radical (unpaired) electrons. The fraction of sp³-hybridized carbons (Fsp3) is 0.158. The average molecular weight is 378 g/mol. The van der Waals surface area contributed by atoms with Crippen molar-refractivity contribution in [1.29, 1.82) is 0 Å². The van der Waals surface area contributed by atoms with E-state index in [1.807, 2.05) is 0 Å². The van der Waals surface area contributed by atoms with Crippen LogP contribution >= 0.6 is 0 Å². The van der Waals surface area contributed by atoms with Crippen LogP contribution in [0.3, 0.4) is 0 Å². The first-order chi connectivity index (χ1) is 12.7. The van der Waals surface area contributed by atoms with Crippen molar-refractivity contribution in [3.63, 3.8) is 0 Å². The third kappa shape index (κ3) is 3.84. The summed E-state index contributed by atoms with van der Waals surface area (Å²) in [5, 5.41) is 12.6. The molecule has 1 aromatic heterocycles. The fourth-order valence-corrected chi connectivity index (χ4v) is 2.94. The van der Waals surface area contributed by atoms with Gasteiger partial charge in [-0.25, -0.2) is 9.18 Å². The maximum Gasteiger partial charge on any atom is 0.505 e. The predicted molar refractivity (Wildman–Crippen MR) is 91.6 cm³/mol. The monoisotopic (exact) mass is 378 g/mol. The largest absolute Gasteiger partial charge is 0.505 e. The average Bonchev–Trinajstić information content (AvgIpc) is 2.95. The van der Waals surface area contributed by atoms with E-state index in [0.29, 0.717) is 11.1 Å². The Kier molecular flexibility index (Phi) is 4.73. The summed E-state index contributed by atoms with van der Waals surface area (Å²) in [5.74, 6) is -1.69. The molecule has 0 amide bonds. The summed E-state index contributed by atoms with van der Waals surface area (Å²) in [6, 6.07) is 8.60. The van der Waals surface area contributed by atoms with Crippen molar-refractivity contribution in [3.05, 3.63) is 70.7 Å². The molecule has 0 bridgehead atoms. The van der Waals surface area contributed by atoms with Gasteiger partial charge in [-0.05, 0) is 54.3 Å². The SMILES string of the molecule is Cc1cc(F)ccc1Cc1cccc2c1c(/C=C/C(=O)O)nn2C(F)(F)F. The quantitative estimate of drug-likeness (QED) is 0.531. The zero-order chi connectivity index (χ0) is 19.8. The van der Waals surface area contributed by atoms with Crippen LogP contribution in [-0.4, -0.2) is 20.9 Å². The lowest BCUT2D eigenvalue weighted by Gasteiger charge is -2.09. The van der Waals surface area contributed by atoms with E-state index in [1.54, 1.807) is 19.1 Å². The molecule has 1 N–H and O–H groups in total. The third-order valence-electron chi connectivity index (χ3n) is 4.13. The number of carboxylic acid groups (broad SMARTS) is 1. The normalized spacial score (nSPS) is 12.2. The second kappa shape index (κ2) is 6.86. The lowest BCUT2D eigenvalue weighted by molar-refractivity contribution is -0.209. The minimum atomic E-state index is -4.75. The van der Waals surface area contributed by atoms with Crippen LogP contribution in [0.1, 0.15) is 22.4 Å². The van der Waals surface area contributed by atoms with Gasteiger partial charge in [-0.2, -0.15) is 9.78 Å². The molecule has 0 saturated carbocycles. The number of hydrogen-bond acceptors (Lipinski definition) is 2. The van der Waals surface area contributed by atoms with Crippen LogP contribution in [0.25, 0.3) is 17.0 Å². The Labute approximate surface area is 151 Å². The van der Waals surface area contributed by atoms with Gasteiger partial charge in [0.25, 0.3) is 0 Å². The smallest absolute Gasteiger partial charge is 0.478 e.